The molecule has 0 radical (unpaired) electrons. The van der Waals surface area contributed by atoms with Crippen LogP contribution in [-0.2, 0) is 0 Å². The van der Waals surface area contributed by atoms with E-state index >= 15 is 0 Å². The van der Waals surface area contributed by atoms with Gasteiger partial charge in [-0.2, -0.15) is 0 Å². The van der Waals surface area contributed by atoms with E-state index in [1.165, 1.54) is 26.9 Å². The minimum absolute atomic E-state index is 0.547. The fourth-order valence-electron chi connectivity index (χ4n) is 10.2. The van der Waals surface area contributed by atoms with E-state index in [1.54, 1.807) is 0 Å². The summed E-state index contributed by atoms with van der Waals surface area (Å²) >= 11 is 0. The number of furan rings is 1. The molecule has 312 valence electrons. The molecule has 6 heteroatoms. The molecule has 67 heavy (non-hydrogen) atoms. The van der Waals surface area contributed by atoms with Crippen molar-refractivity contribution in [2.75, 3.05) is 0 Å². The third kappa shape index (κ3) is 5.93. The van der Waals surface area contributed by atoms with Crippen LogP contribution in [0.15, 0.2) is 229 Å². The van der Waals surface area contributed by atoms with E-state index in [9.17, 15) is 0 Å². The summed E-state index contributed by atoms with van der Waals surface area (Å²) in [5.74, 6) is 1.71. The topological polar surface area (TPSA) is 61.7 Å². The number of aromatic nitrogens is 5. The molecule has 0 aliphatic rings. The summed E-state index contributed by atoms with van der Waals surface area (Å²) in [5, 5.41) is 9.17. The van der Waals surface area contributed by atoms with Crippen molar-refractivity contribution >= 4 is 76.3 Å². The molecule has 6 nitrogen and oxygen atoms in total. The van der Waals surface area contributed by atoms with E-state index in [0.717, 1.165) is 88.6 Å². The van der Waals surface area contributed by atoms with Crippen LogP contribution in [0.4, 0.5) is 0 Å². The Bertz CT molecular complexity index is 4260. The van der Waals surface area contributed by atoms with Crippen LogP contribution in [0.25, 0.3) is 133 Å². The smallest absolute Gasteiger partial charge is 0.164 e. The van der Waals surface area contributed by atoms with Crippen LogP contribution in [-0.4, -0.2) is 24.1 Å². The molecule has 0 amide bonds. The van der Waals surface area contributed by atoms with Crippen LogP contribution in [0.3, 0.4) is 0 Å². The summed E-state index contributed by atoms with van der Waals surface area (Å²) in [4.78, 5) is 16.0. The molecule has 10 aromatic carbocycles. The zero-order valence-corrected chi connectivity index (χ0v) is 36.0. The van der Waals surface area contributed by atoms with Crippen molar-refractivity contribution in [3.63, 3.8) is 0 Å². The van der Waals surface area contributed by atoms with Gasteiger partial charge >= 0.3 is 0 Å². The highest BCUT2D eigenvalue weighted by molar-refractivity contribution is 6.17. The van der Waals surface area contributed by atoms with Crippen LogP contribution < -0.4 is 0 Å². The van der Waals surface area contributed by atoms with E-state index in [2.05, 4.69) is 215 Å². The second-order valence-corrected chi connectivity index (χ2v) is 17.2. The predicted molar refractivity (Wildman–Crippen MR) is 275 cm³/mol. The lowest BCUT2D eigenvalue weighted by Gasteiger charge is -2.14. The molecule has 4 aromatic heterocycles. The Morgan fingerprint density at radius 1 is 0.299 bits per heavy atom. The van der Waals surface area contributed by atoms with Gasteiger partial charge < -0.3 is 13.6 Å². The molecule has 0 unspecified atom stereocenters. The Balaban J connectivity index is 1.04. The highest BCUT2D eigenvalue weighted by atomic mass is 16.3. The van der Waals surface area contributed by atoms with E-state index in [0.29, 0.717) is 17.5 Å². The fourth-order valence-corrected chi connectivity index (χ4v) is 10.2. The van der Waals surface area contributed by atoms with Gasteiger partial charge in [-0.25, -0.2) is 15.0 Å². The lowest BCUT2D eigenvalue weighted by Crippen LogP contribution is -2.02. The largest absolute Gasteiger partial charge is 0.456 e. The minimum Gasteiger partial charge on any atom is -0.456 e. The second kappa shape index (κ2) is 14.7. The molecule has 0 fully saturated rings. The molecular formula is C61H37N5O. The normalized spacial score (nSPS) is 11.9. The van der Waals surface area contributed by atoms with Gasteiger partial charge in [-0.3, -0.25) is 0 Å². The fraction of sp³-hybridized carbons (Fsp3) is 0. The molecule has 0 N–H and O–H groups in total. The zero-order valence-electron chi connectivity index (χ0n) is 36.0. The van der Waals surface area contributed by atoms with Crippen molar-refractivity contribution < 1.29 is 4.42 Å². The first kappa shape index (κ1) is 37.3. The van der Waals surface area contributed by atoms with E-state index in [4.69, 9.17) is 19.4 Å². The van der Waals surface area contributed by atoms with E-state index in [1.807, 2.05) is 18.2 Å². The first-order valence-corrected chi connectivity index (χ1v) is 22.6. The van der Waals surface area contributed by atoms with Gasteiger partial charge in [-0.1, -0.05) is 164 Å². The molecule has 0 atom stereocenters. The number of para-hydroxylation sites is 4. The van der Waals surface area contributed by atoms with Crippen molar-refractivity contribution in [1.29, 1.82) is 0 Å². The van der Waals surface area contributed by atoms with Gasteiger partial charge in [0.05, 0.1) is 33.1 Å². The number of benzene rings is 10. The molecule has 14 rings (SSSR count). The molecule has 0 saturated heterocycles. The van der Waals surface area contributed by atoms with Crippen LogP contribution >= 0.6 is 0 Å². The number of hydrogen-bond donors (Lipinski definition) is 0. The lowest BCUT2D eigenvalue weighted by molar-refractivity contribution is 0.669. The monoisotopic (exact) mass is 855 g/mol. The van der Waals surface area contributed by atoms with Gasteiger partial charge in [-0.05, 0) is 82.6 Å². The quantitative estimate of drug-likeness (QED) is 0.167. The molecule has 0 saturated carbocycles. The van der Waals surface area contributed by atoms with Crippen molar-refractivity contribution in [1.82, 2.24) is 24.1 Å². The Hall–Kier alpha value is -9.13. The third-order valence-electron chi connectivity index (χ3n) is 13.3. The first-order valence-electron chi connectivity index (χ1n) is 22.6. The van der Waals surface area contributed by atoms with Gasteiger partial charge in [0.1, 0.15) is 11.2 Å². The summed E-state index contributed by atoms with van der Waals surface area (Å²) in [5.41, 5.74) is 13.0. The summed E-state index contributed by atoms with van der Waals surface area (Å²) in [6.45, 7) is 0. The number of fused-ring (bicyclic) bond motifs is 10. The molecule has 14 aromatic rings. The Labute approximate surface area is 384 Å². The highest BCUT2D eigenvalue weighted by Crippen LogP contribution is 2.42. The zero-order chi connectivity index (χ0) is 44.0. The molecule has 4 heterocycles. The maximum absolute atomic E-state index is 6.78. The Morgan fingerprint density at radius 3 is 1.58 bits per heavy atom. The average molecular weight is 856 g/mol. The molecular weight excluding hydrogens is 819 g/mol. The minimum atomic E-state index is 0.547. The van der Waals surface area contributed by atoms with Gasteiger partial charge in [0, 0.05) is 49.3 Å². The van der Waals surface area contributed by atoms with Gasteiger partial charge in [0.25, 0.3) is 0 Å². The maximum atomic E-state index is 6.78. The van der Waals surface area contributed by atoms with Gasteiger partial charge in [0.15, 0.2) is 17.5 Å². The summed E-state index contributed by atoms with van der Waals surface area (Å²) in [6, 6.07) is 79.2. The van der Waals surface area contributed by atoms with Crippen molar-refractivity contribution in [3.05, 3.63) is 224 Å². The Morgan fingerprint density at radius 2 is 0.821 bits per heavy atom. The van der Waals surface area contributed by atoms with Crippen LogP contribution in [0, 0.1) is 0 Å². The number of hydrogen-bond acceptors (Lipinski definition) is 4. The third-order valence-corrected chi connectivity index (χ3v) is 13.3. The molecule has 0 aliphatic carbocycles. The Kier molecular flexibility index (Phi) is 8.18. The first-order chi connectivity index (χ1) is 33.2. The highest BCUT2D eigenvalue weighted by Gasteiger charge is 2.23. The predicted octanol–water partition coefficient (Wildman–Crippen LogP) is 15.8. The van der Waals surface area contributed by atoms with Gasteiger partial charge in [-0.15, -0.1) is 0 Å². The SMILES string of the molecule is c1ccc(-c2ccc(-c3nc(-c4cc(-n5c6ccccc6c6cc7ccccc7cc65)c5c(c4)oc4ccccc45)nc(-c4ccc5c6ccccc6n(-c6ccccc6)c5c4)n3)cc2)cc1. The van der Waals surface area contributed by atoms with Gasteiger partial charge in [0.2, 0.25) is 0 Å². The van der Waals surface area contributed by atoms with Crippen LogP contribution in [0.2, 0.25) is 0 Å². The molecule has 0 spiro atoms. The second-order valence-electron chi connectivity index (χ2n) is 17.2. The van der Waals surface area contributed by atoms with Crippen molar-refractivity contribution in [2.45, 2.75) is 0 Å². The van der Waals surface area contributed by atoms with E-state index < -0.39 is 0 Å². The summed E-state index contributed by atoms with van der Waals surface area (Å²) < 4.78 is 11.5. The molecule has 0 aliphatic heterocycles. The summed E-state index contributed by atoms with van der Waals surface area (Å²) in [6.07, 6.45) is 0. The van der Waals surface area contributed by atoms with Crippen molar-refractivity contribution in [2.24, 2.45) is 0 Å². The van der Waals surface area contributed by atoms with Crippen molar-refractivity contribution in [3.8, 4) is 56.7 Å². The summed E-state index contributed by atoms with van der Waals surface area (Å²) in [7, 11) is 0. The maximum Gasteiger partial charge on any atom is 0.164 e. The van der Waals surface area contributed by atoms with Crippen LogP contribution in [0.5, 0.6) is 0 Å². The number of nitrogens with zero attached hydrogens (tertiary/aromatic N) is 5. The average Bonchev–Trinajstić information content (AvgIpc) is 4.05. The van der Waals surface area contributed by atoms with Crippen LogP contribution in [0.1, 0.15) is 0 Å². The lowest BCUT2D eigenvalue weighted by atomic mass is 10.0. The standard InChI is InChI=1S/C61H37N5O/c1-3-15-38(16-4-1)39-27-29-40(30-28-39)59-62-60(43-31-32-48-46-21-9-12-24-51(46)65(53(48)35-43)45-19-5-2-6-20-45)64-61(63-59)44-36-55(58-49-23-11-14-26-56(49)67-57(58)37-44)66-52-25-13-10-22-47(52)50-33-41-17-7-8-18-42(41)34-54(50)66/h1-37H. The number of rotatable bonds is 6. The molecule has 0 bridgehead atoms. The van der Waals surface area contributed by atoms with E-state index in [-0.39, 0.29) is 0 Å².